The van der Waals surface area contributed by atoms with E-state index in [0.29, 0.717) is 12.8 Å². The molecule has 1 aromatic rings. The van der Waals surface area contributed by atoms with E-state index in [1.165, 1.54) is 0 Å². The van der Waals surface area contributed by atoms with Gasteiger partial charge in [0.25, 0.3) is 5.91 Å². The van der Waals surface area contributed by atoms with E-state index in [4.69, 9.17) is 16.7 Å². The highest BCUT2D eigenvalue weighted by molar-refractivity contribution is 6.32. The monoisotopic (exact) mass is 288 g/mol. The number of pyridine rings is 1. The summed E-state index contributed by atoms with van der Waals surface area (Å²) in [5.41, 5.74) is -0.104. The highest BCUT2D eigenvalue weighted by Gasteiger charge is 2.19. The molecule has 0 aliphatic rings. The normalized spacial score (nSPS) is 11.9. The van der Waals surface area contributed by atoms with Crippen molar-refractivity contribution in [3.8, 4) is 0 Å². The first-order valence-corrected chi connectivity index (χ1v) is 6.15. The number of rotatable bonds is 6. The first-order chi connectivity index (χ1) is 8.93. The lowest BCUT2D eigenvalue weighted by Gasteiger charge is -2.16. The summed E-state index contributed by atoms with van der Waals surface area (Å²) in [7, 11) is 0. The molecule has 0 saturated carbocycles. The van der Waals surface area contributed by atoms with E-state index >= 15 is 0 Å². The number of nitrogens with one attached hydrogen (secondary N) is 1. The first kappa shape index (κ1) is 15.4. The van der Waals surface area contributed by atoms with Gasteiger partial charge in [-0.05, 0) is 12.5 Å². The zero-order valence-corrected chi connectivity index (χ0v) is 11.1. The summed E-state index contributed by atoms with van der Waals surface area (Å²) in [6.45, 7) is 1.87. The molecule has 0 spiro atoms. The highest BCUT2D eigenvalue weighted by Crippen LogP contribution is 2.14. The summed E-state index contributed by atoms with van der Waals surface area (Å²) in [6, 6.07) is 0.448. The molecule has 0 saturated heterocycles. The maximum absolute atomic E-state index is 13.0. The van der Waals surface area contributed by atoms with Crippen LogP contribution in [-0.4, -0.2) is 28.0 Å². The van der Waals surface area contributed by atoms with E-state index < -0.39 is 23.7 Å². The number of hydrogen-bond donors (Lipinski definition) is 2. The quantitative estimate of drug-likeness (QED) is 0.787. The molecule has 0 radical (unpaired) electrons. The number of carboxylic acid groups (broad SMARTS) is 1. The largest absolute Gasteiger partial charge is 0.481 e. The number of nitrogens with zero attached hydrogens (tertiary/aromatic N) is 1. The van der Waals surface area contributed by atoms with Crippen LogP contribution < -0.4 is 5.32 Å². The Balaban J connectivity index is 2.81. The van der Waals surface area contributed by atoms with Gasteiger partial charge in [-0.25, -0.2) is 9.37 Å². The van der Waals surface area contributed by atoms with Crippen molar-refractivity contribution in [1.29, 1.82) is 0 Å². The van der Waals surface area contributed by atoms with Crippen molar-refractivity contribution in [1.82, 2.24) is 10.3 Å². The van der Waals surface area contributed by atoms with Crippen LogP contribution in [0.25, 0.3) is 0 Å². The maximum Gasteiger partial charge on any atom is 0.305 e. The number of aliphatic carboxylic acids is 1. The van der Waals surface area contributed by atoms with Gasteiger partial charge in [-0.2, -0.15) is 0 Å². The minimum absolute atomic E-state index is 0.104. The lowest BCUT2D eigenvalue weighted by atomic mass is 10.1. The molecule has 1 heterocycles. The van der Waals surface area contributed by atoms with Crippen molar-refractivity contribution >= 4 is 23.5 Å². The lowest BCUT2D eigenvalue weighted by molar-refractivity contribution is -0.137. The molecule has 1 rings (SSSR count). The number of carbonyl (C=O) groups excluding carboxylic acids is 1. The van der Waals surface area contributed by atoms with Crippen LogP contribution in [0.2, 0.25) is 5.15 Å². The first-order valence-electron chi connectivity index (χ1n) is 5.77. The predicted octanol–water partition coefficient (Wildman–Crippen LogP) is 2.25. The lowest BCUT2D eigenvalue weighted by Crippen LogP contribution is -2.36. The fourth-order valence-electron chi connectivity index (χ4n) is 1.63. The van der Waals surface area contributed by atoms with Gasteiger partial charge in [0.2, 0.25) is 0 Å². The van der Waals surface area contributed by atoms with Gasteiger partial charge < -0.3 is 10.4 Å². The van der Waals surface area contributed by atoms with Gasteiger partial charge in [-0.3, -0.25) is 9.59 Å². The Hall–Kier alpha value is -1.69. The number of halogens is 2. The summed E-state index contributed by atoms with van der Waals surface area (Å²) in [5.74, 6) is -2.32. The van der Waals surface area contributed by atoms with E-state index in [-0.39, 0.29) is 17.1 Å². The van der Waals surface area contributed by atoms with E-state index in [1.54, 1.807) is 0 Å². The minimum atomic E-state index is -1.01. The third kappa shape index (κ3) is 4.82. The van der Waals surface area contributed by atoms with E-state index in [2.05, 4.69) is 10.3 Å². The van der Waals surface area contributed by atoms with Gasteiger partial charge in [0.05, 0.1) is 18.2 Å². The molecule has 7 heteroatoms. The van der Waals surface area contributed by atoms with Crippen molar-refractivity contribution in [2.75, 3.05) is 0 Å². The molecule has 1 atom stereocenters. The van der Waals surface area contributed by atoms with Gasteiger partial charge in [0.1, 0.15) is 11.0 Å². The van der Waals surface area contributed by atoms with Gasteiger partial charge in [0, 0.05) is 6.04 Å². The van der Waals surface area contributed by atoms with Gasteiger partial charge >= 0.3 is 5.97 Å². The average molecular weight is 289 g/mol. The molecule has 19 heavy (non-hydrogen) atoms. The number of carbonyl (C=O) groups is 2. The summed E-state index contributed by atoms with van der Waals surface area (Å²) in [6.07, 6.45) is 1.94. The second-order valence-corrected chi connectivity index (χ2v) is 4.41. The number of hydrogen-bond acceptors (Lipinski definition) is 3. The Bertz CT molecular complexity index is 482. The van der Waals surface area contributed by atoms with E-state index in [9.17, 15) is 14.0 Å². The summed E-state index contributed by atoms with van der Waals surface area (Å²) in [5, 5.41) is 11.1. The summed E-state index contributed by atoms with van der Waals surface area (Å²) < 4.78 is 13.0. The second kappa shape index (κ2) is 7.04. The zero-order chi connectivity index (χ0) is 14.4. The standard InChI is InChI=1S/C12H14ClFN2O3/c1-2-3-8(5-10(17)18)16-12(19)9-4-7(14)6-15-11(9)13/h4,6,8H,2-3,5H2,1H3,(H,16,19)(H,17,18). The topological polar surface area (TPSA) is 79.3 Å². The SMILES string of the molecule is CCCC(CC(=O)O)NC(=O)c1cc(F)cnc1Cl. The molecule has 0 bridgehead atoms. The molecule has 1 unspecified atom stereocenters. The average Bonchev–Trinajstić information content (AvgIpc) is 2.31. The number of aromatic nitrogens is 1. The molecule has 1 aromatic heterocycles. The van der Waals surface area contributed by atoms with Gasteiger partial charge in [-0.15, -0.1) is 0 Å². The van der Waals surface area contributed by atoms with Crippen molar-refractivity contribution in [2.24, 2.45) is 0 Å². The van der Waals surface area contributed by atoms with Gasteiger partial charge in [0.15, 0.2) is 0 Å². The molecule has 104 valence electrons. The molecule has 0 aliphatic heterocycles. The highest BCUT2D eigenvalue weighted by atomic mass is 35.5. The second-order valence-electron chi connectivity index (χ2n) is 4.05. The third-order valence-corrected chi connectivity index (χ3v) is 2.74. The smallest absolute Gasteiger partial charge is 0.305 e. The van der Waals surface area contributed by atoms with Crippen LogP contribution in [0, 0.1) is 5.82 Å². The van der Waals surface area contributed by atoms with Crippen LogP contribution in [0.3, 0.4) is 0 Å². The molecule has 5 nitrogen and oxygen atoms in total. The third-order valence-electron chi connectivity index (χ3n) is 2.44. The fraction of sp³-hybridized carbons (Fsp3) is 0.417. The molecular weight excluding hydrogens is 275 g/mol. The Morgan fingerprint density at radius 2 is 2.26 bits per heavy atom. The van der Waals surface area contributed by atoms with Crippen molar-refractivity contribution < 1.29 is 19.1 Å². The molecule has 2 N–H and O–H groups in total. The van der Waals surface area contributed by atoms with Crippen LogP contribution in [0.5, 0.6) is 0 Å². The van der Waals surface area contributed by atoms with Crippen molar-refractivity contribution in [2.45, 2.75) is 32.2 Å². The number of amides is 1. The Morgan fingerprint density at radius 3 is 2.84 bits per heavy atom. The zero-order valence-electron chi connectivity index (χ0n) is 10.3. The fourth-order valence-corrected chi connectivity index (χ4v) is 1.82. The van der Waals surface area contributed by atoms with Crippen LogP contribution in [-0.2, 0) is 4.79 Å². The molecule has 0 fully saturated rings. The van der Waals surface area contributed by atoms with Crippen LogP contribution >= 0.6 is 11.6 Å². The molecule has 1 amide bonds. The van der Waals surface area contributed by atoms with E-state index in [1.807, 2.05) is 6.92 Å². The molecule has 0 aliphatic carbocycles. The Labute approximate surface area is 114 Å². The Kier molecular flexibility index (Phi) is 5.69. The van der Waals surface area contributed by atoms with Crippen LogP contribution in [0.15, 0.2) is 12.3 Å². The summed E-state index contributed by atoms with van der Waals surface area (Å²) in [4.78, 5) is 26.1. The summed E-state index contributed by atoms with van der Waals surface area (Å²) >= 11 is 5.70. The van der Waals surface area contributed by atoms with Crippen molar-refractivity contribution in [3.63, 3.8) is 0 Å². The minimum Gasteiger partial charge on any atom is -0.481 e. The number of carboxylic acids is 1. The Morgan fingerprint density at radius 1 is 1.58 bits per heavy atom. The maximum atomic E-state index is 13.0. The molecule has 0 aromatic carbocycles. The van der Waals surface area contributed by atoms with E-state index in [0.717, 1.165) is 12.3 Å². The van der Waals surface area contributed by atoms with Crippen LogP contribution in [0.1, 0.15) is 36.5 Å². The van der Waals surface area contributed by atoms with Gasteiger partial charge in [-0.1, -0.05) is 24.9 Å². The van der Waals surface area contributed by atoms with Crippen molar-refractivity contribution in [3.05, 3.63) is 28.8 Å². The predicted molar refractivity (Wildman–Crippen MR) is 67.6 cm³/mol. The molecular formula is C12H14ClFN2O3. The van der Waals surface area contributed by atoms with Crippen LogP contribution in [0.4, 0.5) is 4.39 Å².